The monoisotopic (exact) mass is 413 g/mol. The van der Waals surface area contributed by atoms with Crippen LogP contribution in [-0.2, 0) is 0 Å². The molecule has 1 aromatic heterocycles. The molecule has 30 heavy (non-hydrogen) atoms. The third kappa shape index (κ3) is 4.63. The zero-order valence-corrected chi connectivity index (χ0v) is 16.9. The third-order valence-electron chi connectivity index (χ3n) is 5.55. The van der Waals surface area contributed by atoms with E-state index < -0.39 is 11.7 Å². The van der Waals surface area contributed by atoms with Gasteiger partial charge in [-0.15, -0.1) is 0 Å². The van der Waals surface area contributed by atoms with Crippen LogP contribution < -0.4 is 20.2 Å². The van der Waals surface area contributed by atoms with Crippen LogP contribution in [0, 0.1) is 12.7 Å². The topological polar surface area (TPSA) is 67.3 Å². The van der Waals surface area contributed by atoms with Crippen LogP contribution >= 0.6 is 0 Å². The Morgan fingerprint density at radius 2 is 1.97 bits per heavy atom. The number of fused-ring (bicyclic) bond motifs is 1. The average Bonchev–Trinajstić information content (AvgIpc) is 2.73. The van der Waals surface area contributed by atoms with Gasteiger partial charge in [-0.1, -0.05) is 12.1 Å². The first-order valence-electron chi connectivity index (χ1n) is 10.2. The second-order valence-electron chi connectivity index (χ2n) is 7.76. The van der Waals surface area contributed by atoms with E-state index in [1.54, 1.807) is 18.2 Å². The summed E-state index contributed by atoms with van der Waals surface area (Å²) in [6.07, 6.45) is -0.625. The number of halogens is 1. The van der Waals surface area contributed by atoms with E-state index in [9.17, 15) is 14.3 Å². The van der Waals surface area contributed by atoms with E-state index >= 15 is 0 Å². The minimum absolute atomic E-state index is 0.155. The smallest absolute Gasteiger partial charge is 0.336 e. The number of rotatable bonds is 6. The SMILES string of the molecule is Cc1cc(=O)oc2cc(OC[C@@H](O)C[NH+]3CCN(c4ccccc4F)CC3)ccc12. The van der Waals surface area contributed by atoms with E-state index in [0.29, 0.717) is 23.6 Å². The Balaban J connectivity index is 1.28. The number of aliphatic hydroxyl groups excluding tert-OH is 1. The molecule has 2 aromatic carbocycles. The fraction of sp³-hybridized carbons (Fsp3) is 0.348. The van der Waals surface area contributed by atoms with Crippen LogP contribution in [0.15, 0.2) is 57.7 Å². The normalized spacial score (nSPS) is 16.0. The van der Waals surface area contributed by atoms with Gasteiger partial charge >= 0.3 is 5.63 Å². The second kappa shape index (κ2) is 8.85. The first-order valence-corrected chi connectivity index (χ1v) is 10.2. The first-order chi connectivity index (χ1) is 14.5. The molecule has 1 aliphatic rings. The van der Waals surface area contributed by atoms with E-state index in [0.717, 1.165) is 37.1 Å². The lowest BCUT2D eigenvalue weighted by molar-refractivity contribution is -0.903. The van der Waals surface area contributed by atoms with Crippen LogP contribution in [-0.4, -0.2) is 50.5 Å². The van der Waals surface area contributed by atoms with Gasteiger partial charge in [-0.25, -0.2) is 9.18 Å². The van der Waals surface area contributed by atoms with Gasteiger partial charge in [-0.3, -0.25) is 0 Å². The van der Waals surface area contributed by atoms with Gasteiger partial charge < -0.3 is 24.1 Å². The fourth-order valence-corrected chi connectivity index (χ4v) is 3.96. The molecule has 1 atom stereocenters. The molecule has 0 bridgehead atoms. The summed E-state index contributed by atoms with van der Waals surface area (Å²) in [5.74, 6) is 0.352. The fourth-order valence-electron chi connectivity index (χ4n) is 3.96. The summed E-state index contributed by atoms with van der Waals surface area (Å²) in [6, 6.07) is 13.6. The number of piperazine rings is 1. The molecule has 1 fully saturated rings. The van der Waals surface area contributed by atoms with Crippen LogP contribution in [0.5, 0.6) is 5.75 Å². The van der Waals surface area contributed by atoms with Gasteiger partial charge in [-0.05, 0) is 36.8 Å². The summed E-state index contributed by atoms with van der Waals surface area (Å²) >= 11 is 0. The Morgan fingerprint density at radius 3 is 2.73 bits per heavy atom. The summed E-state index contributed by atoms with van der Waals surface area (Å²) in [4.78, 5) is 14.9. The molecular formula is C23H26FN2O4+. The average molecular weight is 413 g/mol. The molecule has 6 nitrogen and oxygen atoms in total. The van der Waals surface area contributed by atoms with Gasteiger partial charge in [0.25, 0.3) is 0 Å². The van der Waals surface area contributed by atoms with Crippen molar-refractivity contribution in [3.05, 3.63) is 70.3 Å². The number of aryl methyl sites for hydroxylation is 1. The number of anilines is 1. The molecule has 0 aliphatic carbocycles. The number of quaternary nitrogens is 1. The zero-order valence-electron chi connectivity index (χ0n) is 16.9. The number of hydrogen-bond acceptors (Lipinski definition) is 5. The predicted molar refractivity (Wildman–Crippen MR) is 113 cm³/mol. The summed E-state index contributed by atoms with van der Waals surface area (Å²) in [5, 5.41) is 11.3. The Morgan fingerprint density at radius 1 is 1.20 bits per heavy atom. The highest BCUT2D eigenvalue weighted by Gasteiger charge is 2.24. The summed E-state index contributed by atoms with van der Waals surface area (Å²) in [6.45, 7) is 5.71. The molecule has 0 unspecified atom stereocenters. The molecular weight excluding hydrogens is 387 g/mol. The lowest BCUT2D eigenvalue weighted by atomic mass is 10.1. The van der Waals surface area contributed by atoms with Crippen LogP contribution in [0.4, 0.5) is 10.1 Å². The molecule has 0 amide bonds. The number of benzene rings is 2. The maximum absolute atomic E-state index is 14.0. The Labute approximate surface area is 174 Å². The Hall–Kier alpha value is -2.90. The van der Waals surface area contributed by atoms with Crippen molar-refractivity contribution in [2.45, 2.75) is 13.0 Å². The lowest BCUT2D eigenvalue weighted by Gasteiger charge is -2.34. The van der Waals surface area contributed by atoms with Gasteiger partial charge in [0.15, 0.2) is 0 Å². The number of para-hydroxylation sites is 1. The largest absolute Gasteiger partial charge is 0.491 e. The molecule has 2 N–H and O–H groups in total. The highest BCUT2D eigenvalue weighted by atomic mass is 19.1. The minimum atomic E-state index is -0.625. The number of aliphatic hydroxyl groups is 1. The van der Waals surface area contributed by atoms with E-state index in [1.807, 2.05) is 30.0 Å². The third-order valence-corrected chi connectivity index (χ3v) is 5.55. The molecule has 0 spiro atoms. The second-order valence-corrected chi connectivity index (χ2v) is 7.76. The summed E-state index contributed by atoms with van der Waals surface area (Å²) < 4.78 is 24.9. The standard InChI is InChI=1S/C23H25FN2O4/c1-16-12-23(28)30-22-13-18(6-7-19(16)22)29-15-17(27)14-25-8-10-26(11-9-25)21-5-3-2-4-20(21)24/h2-7,12-13,17,27H,8-11,14-15H2,1H3/p+1/t17-/m0/s1. The van der Waals surface area contributed by atoms with E-state index in [2.05, 4.69) is 0 Å². The van der Waals surface area contributed by atoms with Crippen molar-refractivity contribution in [3.8, 4) is 5.75 Å². The van der Waals surface area contributed by atoms with Gasteiger partial charge in [0.2, 0.25) is 0 Å². The van der Waals surface area contributed by atoms with Gasteiger partial charge in [0, 0.05) is 17.5 Å². The van der Waals surface area contributed by atoms with Gasteiger partial charge in [0.05, 0.1) is 31.9 Å². The lowest BCUT2D eigenvalue weighted by Crippen LogP contribution is -3.16. The van der Waals surface area contributed by atoms with E-state index in [-0.39, 0.29) is 12.4 Å². The molecule has 7 heteroatoms. The van der Waals surface area contributed by atoms with Crippen molar-refractivity contribution in [1.29, 1.82) is 0 Å². The highest BCUT2D eigenvalue weighted by Crippen LogP contribution is 2.22. The maximum atomic E-state index is 14.0. The number of hydrogen-bond donors (Lipinski definition) is 2. The van der Waals surface area contributed by atoms with Crippen molar-refractivity contribution in [2.24, 2.45) is 0 Å². The molecule has 158 valence electrons. The first kappa shape index (κ1) is 20.4. The number of ether oxygens (including phenoxy) is 1. The number of nitrogens with one attached hydrogen (secondary N) is 1. The molecule has 2 heterocycles. The van der Waals surface area contributed by atoms with E-state index in [1.165, 1.54) is 17.0 Å². The highest BCUT2D eigenvalue weighted by molar-refractivity contribution is 5.81. The van der Waals surface area contributed by atoms with E-state index in [4.69, 9.17) is 9.15 Å². The molecule has 3 aromatic rings. The minimum Gasteiger partial charge on any atom is -0.491 e. The van der Waals surface area contributed by atoms with Crippen LogP contribution in [0.1, 0.15) is 5.56 Å². The molecule has 1 saturated heterocycles. The van der Waals surface area contributed by atoms with Crippen molar-refractivity contribution in [1.82, 2.24) is 0 Å². The molecule has 4 rings (SSSR count). The van der Waals surface area contributed by atoms with Gasteiger partial charge in [0.1, 0.15) is 36.4 Å². The predicted octanol–water partition coefficient (Wildman–Crippen LogP) is 1.39. The van der Waals surface area contributed by atoms with Gasteiger partial charge in [-0.2, -0.15) is 0 Å². The summed E-state index contributed by atoms with van der Waals surface area (Å²) in [7, 11) is 0. The zero-order chi connectivity index (χ0) is 21.1. The van der Waals surface area contributed by atoms with Crippen molar-refractivity contribution < 1.29 is 23.6 Å². The Bertz CT molecular complexity index is 1080. The van der Waals surface area contributed by atoms with Crippen LogP contribution in [0.2, 0.25) is 0 Å². The van der Waals surface area contributed by atoms with Crippen molar-refractivity contribution in [2.75, 3.05) is 44.2 Å². The molecule has 0 radical (unpaired) electrons. The van der Waals surface area contributed by atoms with Crippen LogP contribution in [0.3, 0.4) is 0 Å². The van der Waals surface area contributed by atoms with Crippen LogP contribution in [0.25, 0.3) is 11.0 Å². The summed E-state index contributed by atoms with van der Waals surface area (Å²) in [5.41, 5.74) is 1.57. The molecule has 0 saturated carbocycles. The maximum Gasteiger partial charge on any atom is 0.336 e. The van der Waals surface area contributed by atoms with Crippen molar-refractivity contribution >= 4 is 16.7 Å². The number of nitrogens with zero attached hydrogens (tertiary/aromatic N) is 1. The molecule has 1 aliphatic heterocycles. The quantitative estimate of drug-likeness (QED) is 0.598. The Kier molecular flexibility index (Phi) is 6.01. The van der Waals surface area contributed by atoms with Crippen molar-refractivity contribution in [3.63, 3.8) is 0 Å².